The number of hydrogen-bond acceptors (Lipinski definition) is 4. The minimum atomic E-state index is -4.21. The fourth-order valence-corrected chi connectivity index (χ4v) is 5.87. The molecule has 0 unspecified atom stereocenters. The monoisotopic (exact) mass is 589 g/mol. The molecule has 0 spiro atoms. The van der Waals surface area contributed by atoms with Crippen molar-refractivity contribution in [2.45, 2.75) is 57.6 Å². The average Bonchev–Trinajstić information content (AvgIpc) is 2.91. The van der Waals surface area contributed by atoms with Gasteiger partial charge in [-0.15, -0.1) is 0 Å². The summed E-state index contributed by atoms with van der Waals surface area (Å²) in [6.45, 7) is 6.96. The van der Waals surface area contributed by atoms with Crippen LogP contribution >= 0.6 is 23.2 Å². The number of rotatable bonds is 11. The highest BCUT2D eigenvalue weighted by Gasteiger charge is 2.33. The van der Waals surface area contributed by atoms with E-state index in [1.165, 1.54) is 35.2 Å². The van der Waals surface area contributed by atoms with E-state index in [1.807, 2.05) is 45.0 Å². The molecule has 3 rings (SSSR count). The Morgan fingerprint density at radius 3 is 2.18 bits per heavy atom. The van der Waals surface area contributed by atoms with Gasteiger partial charge in [0.2, 0.25) is 11.8 Å². The number of anilines is 1. The van der Waals surface area contributed by atoms with E-state index < -0.39 is 28.5 Å². The molecular formula is C29H33Cl2N3O4S. The van der Waals surface area contributed by atoms with Gasteiger partial charge in [-0.2, -0.15) is 0 Å². The second kappa shape index (κ2) is 13.3. The van der Waals surface area contributed by atoms with Crippen LogP contribution in [0.2, 0.25) is 10.0 Å². The molecule has 2 atom stereocenters. The molecule has 208 valence electrons. The van der Waals surface area contributed by atoms with Gasteiger partial charge in [-0.05, 0) is 63.1 Å². The van der Waals surface area contributed by atoms with Gasteiger partial charge in [0, 0.05) is 17.6 Å². The maximum Gasteiger partial charge on any atom is 0.264 e. The Balaban J connectivity index is 2.04. The predicted molar refractivity (Wildman–Crippen MR) is 157 cm³/mol. The quantitative estimate of drug-likeness (QED) is 0.305. The van der Waals surface area contributed by atoms with Crippen LogP contribution in [0.5, 0.6) is 0 Å². The molecule has 0 bridgehead atoms. The third kappa shape index (κ3) is 7.75. The van der Waals surface area contributed by atoms with E-state index in [0.29, 0.717) is 5.02 Å². The van der Waals surface area contributed by atoms with Gasteiger partial charge in [0.25, 0.3) is 10.0 Å². The molecule has 0 aliphatic rings. The van der Waals surface area contributed by atoms with Crippen molar-refractivity contribution in [3.05, 3.63) is 94.0 Å². The Morgan fingerprint density at radius 1 is 0.949 bits per heavy atom. The van der Waals surface area contributed by atoms with Crippen molar-refractivity contribution in [1.29, 1.82) is 0 Å². The number of aryl methyl sites for hydroxylation is 1. The first-order valence-corrected chi connectivity index (χ1v) is 14.8. The molecule has 0 heterocycles. The number of hydrogen-bond donors (Lipinski definition) is 1. The topological polar surface area (TPSA) is 86.8 Å². The fourth-order valence-electron chi connectivity index (χ4n) is 3.85. The average molecular weight is 591 g/mol. The molecular weight excluding hydrogens is 557 g/mol. The molecule has 39 heavy (non-hydrogen) atoms. The summed E-state index contributed by atoms with van der Waals surface area (Å²) < 4.78 is 28.6. The lowest BCUT2D eigenvalue weighted by Crippen LogP contribution is -2.52. The van der Waals surface area contributed by atoms with Gasteiger partial charge in [-0.25, -0.2) is 8.42 Å². The zero-order chi connectivity index (χ0) is 28.7. The Labute approximate surface area is 240 Å². The number of carbonyl (C=O) groups is 2. The van der Waals surface area contributed by atoms with E-state index in [-0.39, 0.29) is 34.1 Å². The van der Waals surface area contributed by atoms with Crippen LogP contribution < -0.4 is 9.62 Å². The Morgan fingerprint density at radius 2 is 1.59 bits per heavy atom. The SMILES string of the molecule is CC[C@@H](C)NC(=O)[C@@H](C)N(Cc1ccc(C)cc1)C(=O)CN(c1ccc(Cl)cc1Cl)S(=O)(=O)c1ccccc1. The summed E-state index contributed by atoms with van der Waals surface area (Å²) in [5, 5.41) is 3.31. The van der Waals surface area contributed by atoms with Gasteiger partial charge in [0.1, 0.15) is 12.6 Å². The molecule has 0 saturated heterocycles. The first-order valence-electron chi connectivity index (χ1n) is 12.6. The second-order valence-corrected chi connectivity index (χ2v) is 12.1. The zero-order valence-electron chi connectivity index (χ0n) is 22.4. The molecule has 0 aliphatic carbocycles. The number of halogens is 2. The van der Waals surface area contributed by atoms with Crippen LogP contribution in [0.1, 0.15) is 38.3 Å². The Kier molecular flexibility index (Phi) is 10.4. The smallest absolute Gasteiger partial charge is 0.264 e. The summed E-state index contributed by atoms with van der Waals surface area (Å²) in [4.78, 5) is 28.4. The number of sulfonamides is 1. The molecule has 0 aliphatic heterocycles. The summed E-state index contributed by atoms with van der Waals surface area (Å²) in [6, 6.07) is 18.8. The van der Waals surface area contributed by atoms with E-state index >= 15 is 0 Å². The number of carbonyl (C=O) groups excluding carboxylic acids is 2. The maximum atomic E-state index is 13.9. The fraction of sp³-hybridized carbons (Fsp3) is 0.310. The Hall–Kier alpha value is -3.07. The largest absolute Gasteiger partial charge is 0.352 e. The maximum absolute atomic E-state index is 13.9. The van der Waals surface area contributed by atoms with Crippen molar-refractivity contribution in [3.63, 3.8) is 0 Å². The van der Waals surface area contributed by atoms with Gasteiger partial charge < -0.3 is 10.2 Å². The molecule has 7 nitrogen and oxygen atoms in total. The lowest BCUT2D eigenvalue weighted by molar-refractivity contribution is -0.139. The van der Waals surface area contributed by atoms with Crippen LogP contribution in [0.3, 0.4) is 0 Å². The van der Waals surface area contributed by atoms with E-state index in [1.54, 1.807) is 25.1 Å². The standard InChI is InChI=1S/C29H33Cl2N3O4S/c1-5-21(3)32-29(36)22(4)33(18-23-13-11-20(2)12-14-23)28(35)19-34(27-16-15-24(30)17-26(27)31)39(37,38)25-9-7-6-8-10-25/h6-17,21-22H,5,18-19H2,1-4H3,(H,32,36)/t21-,22-/m1/s1. The number of nitrogens with zero attached hydrogens (tertiary/aromatic N) is 2. The molecule has 0 radical (unpaired) electrons. The van der Waals surface area contributed by atoms with Crippen molar-refractivity contribution in [2.75, 3.05) is 10.8 Å². The summed E-state index contributed by atoms with van der Waals surface area (Å²) >= 11 is 12.5. The van der Waals surface area contributed by atoms with Gasteiger partial charge in [-0.1, -0.05) is 78.2 Å². The molecule has 1 N–H and O–H groups in total. The Bertz CT molecular complexity index is 1400. The lowest BCUT2D eigenvalue weighted by Gasteiger charge is -2.32. The van der Waals surface area contributed by atoms with Crippen molar-refractivity contribution >= 4 is 50.7 Å². The first kappa shape index (κ1) is 30.5. The zero-order valence-corrected chi connectivity index (χ0v) is 24.7. The third-order valence-electron chi connectivity index (χ3n) is 6.43. The van der Waals surface area contributed by atoms with E-state index in [0.717, 1.165) is 21.9 Å². The highest BCUT2D eigenvalue weighted by Crippen LogP contribution is 2.33. The van der Waals surface area contributed by atoms with Crippen LogP contribution in [0, 0.1) is 6.92 Å². The van der Waals surface area contributed by atoms with Crippen LogP contribution in [-0.4, -0.2) is 43.8 Å². The van der Waals surface area contributed by atoms with Gasteiger partial charge in [-0.3, -0.25) is 13.9 Å². The molecule has 0 saturated carbocycles. The lowest BCUT2D eigenvalue weighted by atomic mass is 10.1. The third-order valence-corrected chi connectivity index (χ3v) is 8.74. The van der Waals surface area contributed by atoms with Crippen LogP contribution in [-0.2, 0) is 26.2 Å². The minimum absolute atomic E-state index is 0.00327. The van der Waals surface area contributed by atoms with Crippen LogP contribution in [0.4, 0.5) is 5.69 Å². The van der Waals surface area contributed by atoms with Gasteiger partial charge in [0.05, 0.1) is 15.6 Å². The first-order chi connectivity index (χ1) is 18.4. The van der Waals surface area contributed by atoms with Crippen molar-refractivity contribution in [2.24, 2.45) is 0 Å². The van der Waals surface area contributed by atoms with E-state index in [9.17, 15) is 18.0 Å². The number of benzene rings is 3. The predicted octanol–water partition coefficient (Wildman–Crippen LogP) is 5.83. The number of nitrogens with one attached hydrogen (secondary N) is 1. The molecule has 10 heteroatoms. The summed E-state index contributed by atoms with van der Waals surface area (Å²) in [5.74, 6) is -0.889. The van der Waals surface area contributed by atoms with Crippen LogP contribution in [0.15, 0.2) is 77.7 Å². The van der Waals surface area contributed by atoms with Crippen molar-refractivity contribution < 1.29 is 18.0 Å². The highest BCUT2D eigenvalue weighted by atomic mass is 35.5. The second-order valence-electron chi connectivity index (χ2n) is 9.42. The minimum Gasteiger partial charge on any atom is -0.352 e. The van der Waals surface area contributed by atoms with Gasteiger partial charge >= 0.3 is 0 Å². The highest BCUT2D eigenvalue weighted by molar-refractivity contribution is 7.92. The molecule has 3 aromatic carbocycles. The molecule has 2 amide bonds. The van der Waals surface area contributed by atoms with Crippen molar-refractivity contribution in [3.8, 4) is 0 Å². The molecule has 3 aromatic rings. The van der Waals surface area contributed by atoms with Gasteiger partial charge in [0.15, 0.2) is 0 Å². The summed E-state index contributed by atoms with van der Waals surface area (Å²) in [6.07, 6.45) is 0.725. The summed E-state index contributed by atoms with van der Waals surface area (Å²) in [5.41, 5.74) is 1.96. The van der Waals surface area contributed by atoms with E-state index in [2.05, 4.69) is 5.32 Å². The van der Waals surface area contributed by atoms with Crippen molar-refractivity contribution in [1.82, 2.24) is 10.2 Å². The van der Waals surface area contributed by atoms with Crippen LogP contribution in [0.25, 0.3) is 0 Å². The van der Waals surface area contributed by atoms with E-state index in [4.69, 9.17) is 23.2 Å². The normalized spacial score (nSPS) is 12.9. The molecule has 0 aromatic heterocycles. The molecule has 0 fully saturated rings. The summed E-state index contributed by atoms with van der Waals surface area (Å²) in [7, 11) is -4.21. The number of amides is 2.